The second-order valence-electron chi connectivity index (χ2n) is 7.87. The molecule has 0 aliphatic carbocycles. The number of carbonyl (C=O) groups is 1. The number of carbonyl (C=O) groups excluding carboxylic acids is 1. The van der Waals surface area contributed by atoms with E-state index in [4.69, 9.17) is 8.83 Å². The topological polar surface area (TPSA) is 107 Å². The maximum absolute atomic E-state index is 13.6. The van der Waals surface area contributed by atoms with Gasteiger partial charge in [-0.25, -0.2) is 0 Å². The minimum atomic E-state index is -0.843. The third kappa shape index (κ3) is 2.99. The average Bonchev–Trinajstić information content (AvgIpc) is 3.37. The van der Waals surface area contributed by atoms with Gasteiger partial charge in [0.1, 0.15) is 11.3 Å². The normalized spacial score (nSPS) is 15.4. The van der Waals surface area contributed by atoms with E-state index in [1.54, 1.807) is 30.3 Å². The Hall–Kier alpha value is -4.20. The van der Waals surface area contributed by atoms with Gasteiger partial charge in [-0.15, -0.1) is 0 Å². The van der Waals surface area contributed by atoms with Crippen molar-refractivity contribution in [3.63, 3.8) is 0 Å². The molecule has 1 atom stereocenters. The predicted molar refractivity (Wildman–Crippen MR) is 115 cm³/mol. The predicted octanol–water partition coefficient (Wildman–Crippen LogP) is 4.66. The molecule has 0 bridgehead atoms. The van der Waals surface area contributed by atoms with E-state index < -0.39 is 16.9 Å². The number of hydrogen-bond donors (Lipinski definition) is 0. The zero-order valence-corrected chi connectivity index (χ0v) is 17.3. The van der Waals surface area contributed by atoms with Crippen molar-refractivity contribution < 1.29 is 18.6 Å². The number of amides is 1. The van der Waals surface area contributed by atoms with Gasteiger partial charge in [0.2, 0.25) is 5.76 Å². The van der Waals surface area contributed by atoms with Crippen molar-refractivity contribution in [2.75, 3.05) is 0 Å². The molecule has 1 amide bonds. The Balaban J connectivity index is 1.77. The van der Waals surface area contributed by atoms with Crippen LogP contribution in [-0.2, 0) is 6.54 Å². The van der Waals surface area contributed by atoms with Gasteiger partial charge in [0.15, 0.2) is 5.43 Å². The maximum atomic E-state index is 13.6. The van der Waals surface area contributed by atoms with Gasteiger partial charge < -0.3 is 13.7 Å². The first-order chi connectivity index (χ1) is 15.3. The quantitative estimate of drug-likeness (QED) is 0.344. The highest BCUT2D eigenvalue weighted by atomic mass is 16.6. The Bertz CT molecular complexity index is 1450. The van der Waals surface area contributed by atoms with E-state index in [9.17, 15) is 19.7 Å². The Morgan fingerprint density at radius 3 is 2.56 bits per heavy atom. The molecule has 160 valence electrons. The van der Waals surface area contributed by atoms with Crippen molar-refractivity contribution in [3.05, 3.63) is 109 Å². The second kappa shape index (κ2) is 7.19. The van der Waals surface area contributed by atoms with Gasteiger partial charge in [0, 0.05) is 12.1 Å². The van der Waals surface area contributed by atoms with E-state index in [0.717, 1.165) is 11.1 Å². The smallest absolute Gasteiger partial charge is 0.291 e. The average molecular weight is 430 g/mol. The second-order valence-corrected chi connectivity index (χ2v) is 7.87. The monoisotopic (exact) mass is 430 g/mol. The van der Waals surface area contributed by atoms with Crippen molar-refractivity contribution in [2.24, 2.45) is 0 Å². The highest BCUT2D eigenvalue weighted by molar-refractivity contribution is 5.99. The Morgan fingerprint density at radius 2 is 1.84 bits per heavy atom. The molecule has 1 aliphatic rings. The van der Waals surface area contributed by atoms with Crippen molar-refractivity contribution >= 4 is 22.6 Å². The summed E-state index contributed by atoms with van der Waals surface area (Å²) >= 11 is 0. The fraction of sp³-hybridized carbons (Fsp3) is 0.167. The lowest BCUT2D eigenvalue weighted by atomic mass is 9.97. The molecule has 1 aliphatic heterocycles. The lowest BCUT2D eigenvalue weighted by Crippen LogP contribution is -2.29. The molecular formula is C24H18N2O6. The molecule has 0 radical (unpaired) electrons. The molecule has 4 aromatic rings. The molecule has 2 aromatic heterocycles. The van der Waals surface area contributed by atoms with E-state index in [2.05, 4.69) is 0 Å². The molecule has 0 spiro atoms. The van der Waals surface area contributed by atoms with Crippen molar-refractivity contribution in [3.8, 4) is 0 Å². The van der Waals surface area contributed by atoms with Crippen molar-refractivity contribution in [2.45, 2.75) is 26.4 Å². The molecule has 1 unspecified atom stereocenters. The number of nitrogens with zero attached hydrogens (tertiary/aromatic N) is 2. The van der Waals surface area contributed by atoms with Crippen LogP contribution < -0.4 is 5.43 Å². The van der Waals surface area contributed by atoms with E-state index in [1.165, 1.54) is 29.4 Å². The molecule has 32 heavy (non-hydrogen) atoms. The zero-order valence-electron chi connectivity index (χ0n) is 17.3. The molecular weight excluding hydrogens is 412 g/mol. The minimum absolute atomic E-state index is 0.0474. The van der Waals surface area contributed by atoms with Crippen LogP contribution in [0.1, 0.15) is 44.6 Å². The van der Waals surface area contributed by atoms with Gasteiger partial charge >= 0.3 is 0 Å². The molecule has 2 aromatic carbocycles. The number of hydrogen-bond acceptors (Lipinski definition) is 6. The molecule has 5 rings (SSSR count). The van der Waals surface area contributed by atoms with Gasteiger partial charge in [-0.05, 0) is 54.8 Å². The molecule has 0 fully saturated rings. The lowest BCUT2D eigenvalue weighted by molar-refractivity contribution is -0.384. The number of benzene rings is 2. The lowest BCUT2D eigenvalue weighted by Gasteiger charge is -2.24. The van der Waals surface area contributed by atoms with Gasteiger partial charge in [0.05, 0.1) is 34.7 Å². The SMILES string of the molecule is Cc1cc2oc3c(c(=O)c2cc1C)C(c1cccc([N+](=O)[O-])c1)N(Cc1ccco1)C3=O. The molecule has 0 N–H and O–H groups in total. The van der Waals surface area contributed by atoms with Crippen LogP contribution in [0.2, 0.25) is 0 Å². The molecule has 0 saturated heterocycles. The summed E-state index contributed by atoms with van der Waals surface area (Å²) < 4.78 is 11.4. The van der Waals surface area contributed by atoms with Crippen LogP contribution in [0.5, 0.6) is 0 Å². The first kappa shape index (κ1) is 19.7. The number of non-ortho nitro benzene ring substituents is 1. The first-order valence-electron chi connectivity index (χ1n) is 10.0. The minimum Gasteiger partial charge on any atom is -0.467 e. The summed E-state index contributed by atoms with van der Waals surface area (Å²) in [7, 11) is 0. The van der Waals surface area contributed by atoms with Crippen LogP contribution in [0.25, 0.3) is 11.0 Å². The zero-order chi connectivity index (χ0) is 22.6. The standard InChI is InChI=1S/C24H18N2O6/c1-13-9-18-19(10-14(13)2)32-23-20(22(18)27)21(15-5-3-6-16(11-15)26(29)30)25(24(23)28)12-17-7-4-8-31-17/h3-11,21H,12H2,1-2H3. The van der Waals surface area contributed by atoms with Crippen LogP contribution >= 0.6 is 0 Å². The molecule has 3 heterocycles. The third-order valence-electron chi connectivity index (χ3n) is 5.89. The summed E-state index contributed by atoms with van der Waals surface area (Å²) in [5.74, 6) is 0.00392. The van der Waals surface area contributed by atoms with Crippen LogP contribution in [0.15, 0.2) is 68.4 Å². The Kier molecular flexibility index (Phi) is 4.44. The first-order valence-corrected chi connectivity index (χ1v) is 10.0. The van der Waals surface area contributed by atoms with Crippen LogP contribution in [0.3, 0.4) is 0 Å². The van der Waals surface area contributed by atoms with Crippen LogP contribution in [-0.4, -0.2) is 15.7 Å². The number of rotatable bonds is 4. The molecule has 8 heteroatoms. The summed E-state index contributed by atoms with van der Waals surface area (Å²) in [5.41, 5.74) is 2.38. The largest absolute Gasteiger partial charge is 0.467 e. The highest BCUT2D eigenvalue weighted by Gasteiger charge is 2.43. The number of fused-ring (bicyclic) bond motifs is 2. The number of nitro benzene ring substituents is 1. The van der Waals surface area contributed by atoms with E-state index in [1.807, 2.05) is 13.8 Å². The number of furan rings is 1. The van der Waals surface area contributed by atoms with E-state index in [0.29, 0.717) is 22.3 Å². The fourth-order valence-electron chi connectivity index (χ4n) is 4.16. The third-order valence-corrected chi connectivity index (χ3v) is 5.89. The fourth-order valence-corrected chi connectivity index (χ4v) is 4.16. The van der Waals surface area contributed by atoms with E-state index in [-0.39, 0.29) is 29.0 Å². The summed E-state index contributed by atoms with van der Waals surface area (Å²) in [6, 6.07) is 12.0. The summed E-state index contributed by atoms with van der Waals surface area (Å²) in [6.07, 6.45) is 1.49. The highest BCUT2D eigenvalue weighted by Crippen LogP contribution is 2.40. The van der Waals surface area contributed by atoms with Crippen LogP contribution in [0, 0.1) is 24.0 Å². The summed E-state index contributed by atoms with van der Waals surface area (Å²) in [4.78, 5) is 39.3. The number of aryl methyl sites for hydroxylation is 2. The van der Waals surface area contributed by atoms with Gasteiger partial charge in [0.25, 0.3) is 11.6 Å². The van der Waals surface area contributed by atoms with Crippen molar-refractivity contribution in [1.29, 1.82) is 0 Å². The maximum Gasteiger partial charge on any atom is 0.291 e. The van der Waals surface area contributed by atoms with Crippen molar-refractivity contribution in [1.82, 2.24) is 4.90 Å². The Morgan fingerprint density at radius 1 is 1.06 bits per heavy atom. The molecule has 0 saturated carbocycles. The Labute approximate surface area is 181 Å². The van der Waals surface area contributed by atoms with Gasteiger partial charge in [-0.1, -0.05) is 12.1 Å². The van der Waals surface area contributed by atoms with Crippen LogP contribution in [0.4, 0.5) is 5.69 Å². The summed E-state index contributed by atoms with van der Waals surface area (Å²) in [5, 5.41) is 11.7. The van der Waals surface area contributed by atoms with Gasteiger partial charge in [-0.2, -0.15) is 0 Å². The molecule has 8 nitrogen and oxygen atoms in total. The number of nitro groups is 1. The van der Waals surface area contributed by atoms with E-state index >= 15 is 0 Å². The van der Waals surface area contributed by atoms with Gasteiger partial charge in [-0.3, -0.25) is 19.7 Å². The summed E-state index contributed by atoms with van der Waals surface area (Å²) in [6.45, 7) is 3.88.